The van der Waals surface area contributed by atoms with E-state index >= 15 is 0 Å². The first-order valence-corrected chi connectivity index (χ1v) is 5.62. The van der Waals surface area contributed by atoms with Crippen LogP contribution in [0, 0.1) is 0 Å². The van der Waals surface area contributed by atoms with Crippen molar-refractivity contribution in [2.24, 2.45) is 12.1 Å². The number of hydrogen-bond acceptors (Lipinski definition) is 4. The van der Waals surface area contributed by atoms with E-state index in [2.05, 4.69) is 15.6 Å². The van der Waals surface area contributed by atoms with E-state index in [1.54, 1.807) is 6.21 Å². The topological polar surface area (TPSA) is 59.3 Å². The number of nitrogens with one attached hydrogen (secondary N) is 1. The number of hydrogen-bond donors (Lipinski definition) is 1. The van der Waals surface area contributed by atoms with E-state index in [-0.39, 0.29) is 10.6 Å². The molecule has 5 nitrogen and oxygen atoms in total. The number of halogens is 1. The van der Waals surface area contributed by atoms with E-state index in [1.807, 2.05) is 30.3 Å². The largest absolute Gasteiger partial charge is 0.287 e. The van der Waals surface area contributed by atoms with Gasteiger partial charge in [-0.15, -0.1) is 0 Å². The summed E-state index contributed by atoms with van der Waals surface area (Å²) in [5.74, 6) is 0. The van der Waals surface area contributed by atoms with Crippen LogP contribution in [0.3, 0.4) is 0 Å². The van der Waals surface area contributed by atoms with E-state index in [1.165, 1.54) is 13.2 Å². The molecular formula is C12H11ClN4O. The molecule has 92 valence electrons. The maximum atomic E-state index is 11.5. The highest BCUT2D eigenvalue weighted by atomic mass is 35.5. The molecule has 0 fully saturated rings. The fraction of sp³-hybridized carbons (Fsp3) is 0.0833. The fourth-order valence-corrected chi connectivity index (χ4v) is 1.52. The van der Waals surface area contributed by atoms with Gasteiger partial charge in [0, 0.05) is 7.05 Å². The third-order valence-corrected chi connectivity index (χ3v) is 2.64. The first kappa shape index (κ1) is 12.3. The summed E-state index contributed by atoms with van der Waals surface area (Å²) in [6.07, 6.45) is 3.08. The quantitative estimate of drug-likeness (QED) is 0.679. The van der Waals surface area contributed by atoms with Crippen molar-refractivity contribution in [3.63, 3.8) is 0 Å². The third kappa shape index (κ3) is 2.75. The van der Waals surface area contributed by atoms with E-state index in [9.17, 15) is 4.79 Å². The Hall–Kier alpha value is -2.14. The Morgan fingerprint density at radius 3 is 2.83 bits per heavy atom. The van der Waals surface area contributed by atoms with Gasteiger partial charge in [-0.2, -0.15) is 10.2 Å². The highest BCUT2D eigenvalue weighted by Gasteiger charge is 2.05. The minimum absolute atomic E-state index is 0.0673. The number of aryl methyl sites for hydroxylation is 1. The lowest BCUT2D eigenvalue weighted by atomic mass is 10.2. The van der Waals surface area contributed by atoms with Crippen molar-refractivity contribution < 1.29 is 0 Å². The van der Waals surface area contributed by atoms with E-state index in [4.69, 9.17) is 11.6 Å². The lowest BCUT2D eigenvalue weighted by Crippen LogP contribution is -2.20. The zero-order valence-corrected chi connectivity index (χ0v) is 10.4. The molecule has 0 aliphatic heterocycles. The van der Waals surface area contributed by atoms with Crippen LogP contribution in [0.4, 0.5) is 5.69 Å². The second-order valence-corrected chi connectivity index (χ2v) is 3.96. The summed E-state index contributed by atoms with van der Waals surface area (Å²) in [5, 5.41) is 7.91. The number of nitrogens with zero attached hydrogens (tertiary/aromatic N) is 3. The van der Waals surface area contributed by atoms with Gasteiger partial charge < -0.3 is 0 Å². The summed E-state index contributed by atoms with van der Waals surface area (Å²) in [4.78, 5) is 11.5. The van der Waals surface area contributed by atoms with Gasteiger partial charge in [0.25, 0.3) is 5.56 Å². The van der Waals surface area contributed by atoms with Crippen LogP contribution in [0.1, 0.15) is 5.56 Å². The van der Waals surface area contributed by atoms with Crippen LogP contribution in [-0.4, -0.2) is 16.0 Å². The lowest BCUT2D eigenvalue weighted by Gasteiger charge is -2.03. The number of benzene rings is 1. The fourth-order valence-electron chi connectivity index (χ4n) is 1.30. The van der Waals surface area contributed by atoms with Gasteiger partial charge in [0.1, 0.15) is 10.7 Å². The van der Waals surface area contributed by atoms with Gasteiger partial charge in [0.2, 0.25) is 0 Å². The van der Waals surface area contributed by atoms with Crippen molar-refractivity contribution in [3.05, 3.63) is 57.5 Å². The predicted octanol–water partition coefficient (Wildman–Crippen LogP) is 1.88. The molecule has 0 atom stereocenters. The molecule has 2 rings (SSSR count). The van der Waals surface area contributed by atoms with Crippen molar-refractivity contribution in [2.75, 3.05) is 5.43 Å². The van der Waals surface area contributed by atoms with Gasteiger partial charge in [-0.3, -0.25) is 10.2 Å². The summed E-state index contributed by atoms with van der Waals surface area (Å²) in [5.41, 5.74) is 3.65. The predicted molar refractivity (Wildman–Crippen MR) is 72.1 cm³/mol. The zero-order valence-electron chi connectivity index (χ0n) is 9.67. The molecule has 1 aromatic heterocycles. The highest BCUT2D eigenvalue weighted by Crippen LogP contribution is 2.14. The van der Waals surface area contributed by atoms with Crippen LogP contribution >= 0.6 is 11.6 Å². The Labute approximate surface area is 109 Å². The number of rotatable bonds is 3. The lowest BCUT2D eigenvalue weighted by molar-refractivity contribution is 0.708. The molecule has 1 N–H and O–H groups in total. The van der Waals surface area contributed by atoms with Crippen LogP contribution < -0.4 is 11.0 Å². The number of hydrazone groups is 1. The van der Waals surface area contributed by atoms with Crippen LogP contribution in [-0.2, 0) is 7.05 Å². The molecule has 0 aliphatic rings. The van der Waals surface area contributed by atoms with Gasteiger partial charge in [-0.25, -0.2) is 4.68 Å². The van der Waals surface area contributed by atoms with Gasteiger partial charge in [0.05, 0.1) is 12.4 Å². The maximum Gasteiger partial charge on any atom is 0.287 e. The molecule has 0 aliphatic carbocycles. The molecule has 18 heavy (non-hydrogen) atoms. The molecule has 0 saturated heterocycles. The standard InChI is InChI=1S/C12H11ClN4O/c1-17-12(18)11(13)10(8-15-17)16-14-7-9-5-3-2-4-6-9/h2-8,16H,1H3/b14-7+. The minimum Gasteiger partial charge on any atom is -0.275 e. The summed E-state index contributed by atoms with van der Waals surface area (Å²) in [6.45, 7) is 0. The molecule has 0 bridgehead atoms. The normalized spacial score (nSPS) is 10.8. The van der Waals surface area contributed by atoms with Gasteiger partial charge >= 0.3 is 0 Å². The van der Waals surface area contributed by atoms with Crippen molar-refractivity contribution in [2.45, 2.75) is 0 Å². The molecule has 0 radical (unpaired) electrons. The maximum absolute atomic E-state index is 11.5. The summed E-state index contributed by atoms with van der Waals surface area (Å²) < 4.78 is 1.16. The molecule has 0 amide bonds. The smallest absolute Gasteiger partial charge is 0.275 e. The van der Waals surface area contributed by atoms with E-state index < -0.39 is 0 Å². The molecular weight excluding hydrogens is 252 g/mol. The zero-order chi connectivity index (χ0) is 13.0. The summed E-state index contributed by atoms with van der Waals surface area (Å²) in [7, 11) is 1.53. The Morgan fingerprint density at radius 1 is 1.39 bits per heavy atom. The average molecular weight is 263 g/mol. The molecule has 2 aromatic rings. The average Bonchev–Trinajstić information content (AvgIpc) is 2.40. The molecule has 0 spiro atoms. The molecule has 1 aromatic carbocycles. The van der Waals surface area contributed by atoms with Crippen LogP contribution in [0.15, 0.2) is 46.4 Å². The molecule has 6 heteroatoms. The number of anilines is 1. The van der Waals surface area contributed by atoms with Crippen molar-refractivity contribution in [1.29, 1.82) is 0 Å². The third-order valence-electron chi connectivity index (χ3n) is 2.28. The second kappa shape index (κ2) is 5.46. The second-order valence-electron chi connectivity index (χ2n) is 3.58. The first-order chi connectivity index (χ1) is 8.68. The van der Waals surface area contributed by atoms with Gasteiger partial charge in [-0.1, -0.05) is 41.9 Å². The Balaban J connectivity index is 2.14. The van der Waals surface area contributed by atoms with Crippen molar-refractivity contribution in [1.82, 2.24) is 9.78 Å². The Kier molecular flexibility index (Phi) is 3.74. The molecule has 0 unspecified atom stereocenters. The van der Waals surface area contributed by atoms with Crippen molar-refractivity contribution in [3.8, 4) is 0 Å². The van der Waals surface area contributed by atoms with Gasteiger partial charge in [0.15, 0.2) is 0 Å². The molecule has 1 heterocycles. The van der Waals surface area contributed by atoms with E-state index in [0.29, 0.717) is 5.69 Å². The minimum atomic E-state index is -0.364. The monoisotopic (exact) mass is 262 g/mol. The van der Waals surface area contributed by atoms with Crippen LogP contribution in [0.25, 0.3) is 0 Å². The number of aromatic nitrogens is 2. The summed E-state index contributed by atoms with van der Waals surface area (Å²) in [6, 6.07) is 9.57. The Morgan fingerprint density at radius 2 is 2.11 bits per heavy atom. The van der Waals surface area contributed by atoms with E-state index in [0.717, 1.165) is 10.2 Å². The first-order valence-electron chi connectivity index (χ1n) is 5.24. The van der Waals surface area contributed by atoms with Crippen LogP contribution in [0.5, 0.6) is 0 Å². The SMILES string of the molecule is Cn1ncc(N/N=C/c2ccccc2)c(Cl)c1=O. The highest BCUT2D eigenvalue weighted by molar-refractivity contribution is 6.32. The van der Waals surface area contributed by atoms with Crippen LogP contribution in [0.2, 0.25) is 5.02 Å². The molecule has 0 saturated carbocycles. The summed E-state index contributed by atoms with van der Waals surface area (Å²) >= 11 is 5.87. The Bertz CT molecular complexity index is 622. The van der Waals surface area contributed by atoms with Crippen molar-refractivity contribution >= 4 is 23.5 Å². The van der Waals surface area contributed by atoms with Gasteiger partial charge in [-0.05, 0) is 5.56 Å².